The minimum atomic E-state index is -1.87. The zero-order chi connectivity index (χ0) is 21.9. The third-order valence-corrected chi connectivity index (χ3v) is 4.96. The van der Waals surface area contributed by atoms with Crippen molar-refractivity contribution >= 4 is 34.1 Å². The van der Waals surface area contributed by atoms with Gasteiger partial charge in [-0.15, -0.1) is 0 Å². The highest BCUT2D eigenvalue weighted by atomic mass is 32.2. The number of ether oxygens (including phenoxy) is 1. The van der Waals surface area contributed by atoms with Crippen LogP contribution in [0.1, 0.15) is 26.3 Å². The summed E-state index contributed by atoms with van der Waals surface area (Å²) in [6.45, 7) is 5.80. The summed E-state index contributed by atoms with van der Waals surface area (Å²) in [4.78, 5) is 25.6. The Hall–Kier alpha value is -2.94. The number of rotatable bonds is 4. The molecule has 0 saturated carbocycles. The summed E-state index contributed by atoms with van der Waals surface area (Å²) in [5.41, 5.74) is 0.858. The predicted molar refractivity (Wildman–Crippen MR) is 119 cm³/mol. The van der Waals surface area contributed by atoms with Crippen molar-refractivity contribution in [1.82, 2.24) is 14.5 Å². The second-order valence-electron chi connectivity index (χ2n) is 7.66. The van der Waals surface area contributed by atoms with Gasteiger partial charge in [-0.1, -0.05) is 18.2 Å². The third kappa shape index (κ3) is 4.96. The number of carbonyl (C=O) groups is 1. The molecule has 0 spiro atoms. The lowest BCUT2D eigenvalue weighted by Gasteiger charge is -2.21. The molecule has 0 radical (unpaired) electrons. The lowest BCUT2D eigenvalue weighted by Crippen LogP contribution is -2.28. The average molecular weight is 432 g/mol. The Morgan fingerprint density at radius 3 is 2.70 bits per heavy atom. The van der Waals surface area contributed by atoms with E-state index < -0.39 is 23.0 Å². The van der Waals surface area contributed by atoms with Gasteiger partial charge in [0.2, 0.25) is 0 Å². The number of para-hydroxylation sites is 1. The second kappa shape index (κ2) is 8.83. The van der Waals surface area contributed by atoms with E-state index in [4.69, 9.17) is 4.74 Å². The van der Waals surface area contributed by atoms with Crippen LogP contribution in [0.2, 0.25) is 0 Å². The van der Waals surface area contributed by atoms with E-state index in [9.17, 15) is 8.68 Å². The first kappa shape index (κ1) is 21.8. The van der Waals surface area contributed by atoms with Gasteiger partial charge in [-0.2, -0.15) is 3.89 Å². The van der Waals surface area contributed by atoms with E-state index in [-0.39, 0.29) is 5.16 Å². The van der Waals surface area contributed by atoms with Gasteiger partial charge in [0, 0.05) is 30.4 Å². The van der Waals surface area contributed by atoms with Crippen LogP contribution in [0.15, 0.2) is 52.9 Å². The van der Waals surface area contributed by atoms with E-state index in [1.165, 1.54) is 10.8 Å². The fraction of sp³-hybridized carbons (Fsp3) is 0.333. The maximum absolute atomic E-state index is 13.6. The predicted octanol–water partition coefficient (Wildman–Crippen LogP) is 4.23. The summed E-state index contributed by atoms with van der Waals surface area (Å²) in [6, 6.07) is 9.27. The summed E-state index contributed by atoms with van der Waals surface area (Å²) in [5, 5.41) is 4.71. The number of nitrogens with one attached hydrogen (secondary N) is 1. The molecular formula is C21H26FN5O2S. The van der Waals surface area contributed by atoms with Crippen molar-refractivity contribution in [2.45, 2.75) is 38.1 Å². The first-order valence-corrected chi connectivity index (χ1v) is 11.1. The quantitative estimate of drug-likeness (QED) is 0.477. The summed E-state index contributed by atoms with van der Waals surface area (Å²) in [5.74, 6) is 0.555. The van der Waals surface area contributed by atoms with Gasteiger partial charge in [0.25, 0.3) is 0 Å². The minimum absolute atomic E-state index is 0.196. The van der Waals surface area contributed by atoms with Gasteiger partial charge in [0.1, 0.15) is 11.4 Å². The van der Waals surface area contributed by atoms with Crippen LogP contribution in [0, 0.1) is 0 Å². The largest absolute Gasteiger partial charge is 0.443 e. The van der Waals surface area contributed by atoms with Crippen molar-refractivity contribution in [2.24, 2.45) is 4.99 Å². The van der Waals surface area contributed by atoms with Gasteiger partial charge >= 0.3 is 6.09 Å². The fourth-order valence-electron chi connectivity index (χ4n) is 2.87. The van der Waals surface area contributed by atoms with Gasteiger partial charge < -0.3 is 10.1 Å². The van der Waals surface area contributed by atoms with Crippen molar-refractivity contribution in [3.63, 3.8) is 0 Å². The Morgan fingerprint density at radius 2 is 2.03 bits per heavy atom. The van der Waals surface area contributed by atoms with Crippen LogP contribution < -0.4 is 10.7 Å². The molecule has 7 nitrogen and oxygen atoms in total. The zero-order valence-corrected chi connectivity index (χ0v) is 18.6. The first-order valence-electron chi connectivity index (χ1n) is 9.47. The Bertz CT molecular complexity index is 1140. The molecular weight excluding hydrogens is 405 g/mol. The third-order valence-electron chi connectivity index (χ3n) is 4.20. The number of fused-ring (bicyclic) bond motifs is 1. The number of aromatic nitrogens is 3. The van der Waals surface area contributed by atoms with Crippen LogP contribution in [0.5, 0.6) is 0 Å². The topological polar surface area (TPSA) is 81.4 Å². The number of halogens is 1. The van der Waals surface area contributed by atoms with Gasteiger partial charge in [0.15, 0.2) is 5.16 Å². The summed E-state index contributed by atoms with van der Waals surface area (Å²) >= 11 is -1.87. The van der Waals surface area contributed by atoms with Crippen LogP contribution in [0.3, 0.4) is 0 Å². The van der Waals surface area contributed by atoms with E-state index in [1.54, 1.807) is 25.5 Å². The van der Waals surface area contributed by atoms with Gasteiger partial charge in [0.05, 0.1) is 17.4 Å². The zero-order valence-electron chi connectivity index (χ0n) is 17.7. The molecule has 0 bridgehead atoms. The van der Waals surface area contributed by atoms with Crippen LogP contribution in [0.25, 0.3) is 10.9 Å². The highest BCUT2D eigenvalue weighted by Crippen LogP contribution is 2.31. The molecule has 3 aromatic rings. The number of nitrogens with zero attached hydrogens (tertiary/aromatic N) is 4. The first-order chi connectivity index (χ1) is 14.2. The number of pyridine rings is 1. The number of carbonyl (C=O) groups excluding carboxylic acids is 1. The monoisotopic (exact) mass is 431 g/mol. The molecule has 1 atom stereocenters. The molecule has 0 amide bonds. The van der Waals surface area contributed by atoms with E-state index in [2.05, 4.69) is 20.3 Å². The molecule has 1 aromatic carbocycles. The molecule has 0 aliphatic carbocycles. The molecule has 1 unspecified atom stereocenters. The van der Waals surface area contributed by atoms with Crippen molar-refractivity contribution in [1.29, 1.82) is 0 Å². The van der Waals surface area contributed by atoms with Gasteiger partial charge in [-0.3, -0.25) is 9.56 Å². The molecule has 0 saturated heterocycles. The van der Waals surface area contributed by atoms with Crippen molar-refractivity contribution < 1.29 is 13.4 Å². The normalized spacial score (nSPS) is 13.9. The number of hydrogen-bond acceptors (Lipinski definition) is 6. The molecule has 0 aliphatic heterocycles. The molecule has 30 heavy (non-hydrogen) atoms. The van der Waals surface area contributed by atoms with Gasteiger partial charge in [-0.05, 0) is 50.4 Å². The number of thiol groups is 1. The van der Waals surface area contributed by atoms with Crippen LogP contribution in [-0.2, 0) is 11.3 Å². The Kier molecular flexibility index (Phi) is 6.40. The standard InChI is InChI=1S/C21H26FN5O2S/c1-21(2,3)29-20(28)27-11-10-16(15-8-6-7-9-17(15)27)24-12-14-13-25-19(30(5)22)26-18(14)23-4/h6-11,13,30H,12H2,1-5H3,(H,23,25,26)/b24-16-. The second-order valence-corrected chi connectivity index (χ2v) is 9.01. The smallest absolute Gasteiger partial charge is 0.418 e. The minimum Gasteiger partial charge on any atom is -0.443 e. The maximum atomic E-state index is 13.6. The molecule has 2 heterocycles. The molecule has 2 aromatic heterocycles. The highest BCUT2D eigenvalue weighted by Gasteiger charge is 2.18. The Balaban J connectivity index is 2.01. The number of hydrogen-bond donors (Lipinski definition) is 2. The average Bonchev–Trinajstić information content (AvgIpc) is 2.70. The van der Waals surface area contributed by atoms with Crippen LogP contribution in [-0.4, -0.2) is 39.5 Å². The Morgan fingerprint density at radius 1 is 1.30 bits per heavy atom. The molecule has 1 N–H and O–H groups in total. The molecule has 0 aliphatic rings. The molecule has 3 rings (SSSR count). The summed E-state index contributed by atoms with van der Waals surface area (Å²) < 4.78 is 20.5. The van der Waals surface area contributed by atoms with Crippen molar-refractivity contribution in [2.75, 3.05) is 18.6 Å². The van der Waals surface area contributed by atoms with Crippen molar-refractivity contribution in [3.05, 3.63) is 53.6 Å². The summed E-state index contributed by atoms with van der Waals surface area (Å²) in [7, 11) is 1.73. The molecule has 9 heteroatoms. The van der Waals surface area contributed by atoms with E-state index in [0.29, 0.717) is 17.9 Å². The number of benzene rings is 1. The lowest BCUT2D eigenvalue weighted by atomic mass is 10.2. The summed E-state index contributed by atoms with van der Waals surface area (Å²) in [6.07, 6.45) is 4.27. The number of anilines is 1. The van der Waals surface area contributed by atoms with E-state index >= 15 is 0 Å². The van der Waals surface area contributed by atoms with Crippen molar-refractivity contribution in [3.8, 4) is 0 Å². The van der Waals surface area contributed by atoms with Gasteiger partial charge in [-0.25, -0.2) is 14.8 Å². The maximum Gasteiger partial charge on any atom is 0.418 e. The lowest BCUT2D eigenvalue weighted by molar-refractivity contribution is 0.0543. The molecule has 160 valence electrons. The van der Waals surface area contributed by atoms with E-state index in [0.717, 1.165) is 16.3 Å². The highest BCUT2D eigenvalue weighted by molar-refractivity contribution is 8.11. The SMILES string of the molecule is CNc1nc([SH](C)F)ncc1C/N=c1/ccn(C(=O)OC(C)(C)C)c2ccccc12. The van der Waals surface area contributed by atoms with Crippen LogP contribution >= 0.6 is 11.3 Å². The molecule has 0 fully saturated rings. The fourth-order valence-corrected chi connectivity index (χ4v) is 3.33. The Labute approximate surface area is 177 Å². The van der Waals surface area contributed by atoms with Crippen LogP contribution in [0.4, 0.5) is 14.5 Å². The van der Waals surface area contributed by atoms with E-state index in [1.807, 2.05) is 45.0 Å².